The molecule has 2 aliphatic heterocycles. The zero-order chi connectivity index (χ0) is 12.5. The number of cyclic esters (lactones) is 1. The Kier molecular flexibility index (Phi) is 2.87. The summed E-state index contributed by atoms with van der Waals surface area (Å²) in [4.78, 5) is 27.0. The van der Waals surface area contributed by atoms with Gasteiger partial charge in [0.05, 0.1) is 19.0 Å². The van der Waals surface area contributed by atoms with Gasteiger partial charge < -0.3 is 14.8 Å². The second-order valence-corrected chi connectivity index (χ2v) is 4.29. The number of esters is 1. The Labute approximate surface area is 98.7 Å². The van der Waals surface area contributed by atoms with E-state index in [0.29, 0.717) is 24.7 Å². The van der Waals surface area contributed by atoms with E-state index in [1.165, 1.54) is 6.08 Å². The number of amidine groups is 1. The average molecular weight is 238 g/mol. The van der Waals surface area contributed by atoms with Gasteiger partial charge in [-0.1, -0.05) is 0 Å². The predicted octanol–water partition coefficient (Wildman–Crippen LogP) is 0.141. The monoisotopic (exact) mass is 238 g/mol. The van der Waals surface area contributed by atoms with Crippen molar-refractivity contribution < 1.29 is 19.1 Å². The number of rotatable bonds is 3. The molecule has 0 aliphatic carbocycles. The van der Waals surface area contributed by atoms with E-state index >= 15 is 0 Å². The molecule has 6 heteroatoms. The van der Waals surface area contributed by atoms with Gasteiger partial charge in [0.15, 0.2) is 5.84 Å². The summed E-state index contributed by atoms with van der Waals surface area (Å²) in [5.74, 6) is -1.03. The van der Waals surface area contributed by atoms with Crippen LogP contribution < -0.4 is 5.32 Å². The van der Waals surface area contributed by atoms with Crippen LogP contribution in [0.1, 0.15) is 20.3 Å². The Hall–Kier alpha value is -1.85. The number of aliphatic imine (C=N–C) groups is 1. The van der Waals surface area contributed by atoms with Crippen molar-refractivity contribution in [3.8, 4) is 0 Å². The highest BCUT2D eigenvalue weighted by atomic mass is 16.7. The fourth-order valence-corrected chi connectivity index (χ4v) is 1.68. The Morgan fingerprint density at radius 1 is 1.53 bits per heavy atom. The molecule has 0 fully saturated rings. The van der Waals surface area contributed by atoms with Crippen LogP contribution in [0, 0.1) is 0 Å². The molecule has 2 rings (SSSR count). The summed E-state index contributed by atoms with van der Waals surface area (Å²) in [5.41, 5.74) is 0. The fourth-order valence-electron chi connectivity index (χ4n) is 1.68. The van der Waals surface area contributed by atoms with Gasteiger partial charge in [0.2, 0.25) is 11.6 Å². The van der Waals surface area contributed by atoms with Gasteiger partial charge in [0.1, 0.15) is 5.76 Å². The van der Waals surface area contributed by atoms with Crippen LogP contribution >= 0.6 is 0 Å². The summed E-state index contributed by atoms with van der Waals surface area (Å²) >= 11 is 0. The van der Waals surface area contributed by atoms with Crippen molar-refractivity contribution in [2.24, 2.45) is 4.99 Å². The summed E-state index contributed by atoms with van der Waals surface area (Å²) in [6.07, 6.45) is 1.21. The molecule has 0 aromatic rings. The van der Waals surface area contributed by atoms with E-state index in [0.717, 1.165) is 0 Å². The van der Waals surface area contributed by atoms with Crippen molar-refractivity contribution in [1.29, 1.82) is 0 Å². The van der Waals surface area contributed by atoms with Crippen LogP contribution in [-0.4, -0.2) is 36.5 Å². The van der Waals surface area contributed by atoms with Gasteiger partial charge in [0, 0.05) is 20.4 Å². The Morgan fingerprint density at radius 2 is 2.29 bits per heavy atom. The average Bonchev–Trinajstić information content (AvgIpc) is 2.65. The smallest absolute Gasteiger partial charge is 0.337 e. The van der Waals surface area contributed by atoms with Gasteiger partial charge in [0.25, 0.3) is 0 Å². The quantitative estimate of drug-likeness (QED) is 0.708. The van der Waals surface area contributed by atoms with Crippen molar-refractivity contribution >= 4 is 17.6 Å². The molecule has 0 amide bonds. The first-order chi connectivity index (χ1) is 7.96. The third kappa shape index (κ3) is 2.83. The normalized spacial score (nSPS) is 21.9. The molecule has 0 spiro atoms. The lowest BCUT2D eigenvalue weighted by Gasteiger charge is -2.30. The van der Waals surface area contributed by atoms with Gasteiger partial charge in [-0.15, -0.1) is 0 Å². The highest BCUT2D eigenvalue weighted by molar-refractivity contribution is 6.39. The van der Waals surface area contributed by atoms with E-state index < -0.39 is 11.8 Å². The number of hydrogen-bond donors (Lipinski definition) is 1. The number of carbonyl (C=O) groups is 2. The minimum Gasteiger partial charge on any atom is -0.456 e. The zero-order valence-corrected chi connectivity index (χ0v) is 9.78. The lowest BCUT2D eigenvalue weighted by Crippen LogP contribution is -2.36. The maximum Gasteiger partial charge on any atom is 0.337 e. The van der Waals surface area contributed by atoms with Gasteiger partial charge in [-0.3, -0.25) is 9.79 Å². The van der Waals surface area contributed by atoms with E-state index in [4.69, 9.17) is 9.47 Å². The predicted molar refractivity (Wildman–Crippen MR) is 59.3 cm³/mol. The van der Waals surface area contributed by atoms with E-state index in [9.17, 15) is 9.59 Å². The molecular formula is C11H14N2O4. The molecule has 0 atom stereocenters. The zero-order valence-electron chi connectivity index (χ0n) is 9.78. The SMILES string of the molecule is CC1(C)OC(=O)C=C(CC(=O)C2=NCCN2)O1. The van der Waals surface area contributed by atoms with Gasteiger partial charge in [-0.25, -0.2) is 4.79 Å². The Morgan fingerprint density at radius 3 is 2.88 bits per heavy atom. The largest absolute Gasteiger partial charge is 0.456 e. The van der Waals surface area contributed by atoms with Crippen LogP contribution in [0.25, 0.3) is 0 Å². The number of nitrogens with zero attached hydrogens (tertiary/aromatic N) is 1. The Bertz CT molecular complexity index is 423. The molecule has 0 bridgehead atoms. The van der Waals surface area contributed by atoms with Crippen LogP contribution in [0.3, 0.4) is 0 Å². The first kappa shape index (κ1) is 11.6. The molecule has 0 aromatic carbocycles. The summed E-state index contributed by atoms with van der Waals surface area (Å²) < 4.78 is 10.3. The summed E-state index contributed by atoms with van der Waals surface area (Å²) in [5, 5.41) is 2.88. The van der Waals surface area contributed by atoms with E-state index in [-0.39, 0.29) is 12.2 Å². The molecule has 1 N–H and O–H groups in total. The topological polar surface area (TPSA) is 77.0 Å². The van der Waals surface area contributed by atoms with Crippen molar-refractivity contribution in [3.05, 3.63) is 11.8 Å². The van der Waals surface area contributed by atoms with Crippen LogP contribution in [0.4, 0.5) is 0 Å². The lowest BCUT2D eigenvalue weighted by molar-refractivity contribution is -0.205. The number of ketones is 1. The van der Waals surface area contributed by atoms with E-state index in [2.05, 4.69) is 10.3 Å². The number of ether oxygens (including phenoxy) is 2. The van der Waals surface area contributed by atoms with Gasteiger partial charge in [-0.2, -0.15) is 0 Å². The molecule has 0 aromatic heterocycles. The third-order valence-electron chi connectivity index (χ3n) is 2.28. The molecule has 2 aliphatic rings. The lowest BCUT2D eigenvalue weighted by atomic mass is 10.2. The molecule has 0 unspecified atom stereocenters. The molecule has 17 heavy (non-hydrogen) atoms. The molecule has 6 nitrogen and oxygen atoms in total. The summed E-state index contributed by atoms with van der Waals surface area (Å²) in [6.45, 7) is 4.52. The van der Waals surface area contributed by atoms with E-state index in [1.807, 2.05) is 0 Å². The minimum absolute atomic E-state index is 0.0182. The molecule has 0 saturated carbocycles. The van der Waals surface area contributed by atoms with Crippen LogP contribution in [0.5, 0.6) is 0 Å². The van der Waals surface area contributed by atoms with Crippen molar-refractivity contribution in [2.75, 3.05) is 13.1 Å². The Balaban J connectivity index is 2.03. The number of allylic oxidation sites excluding steroid dienone is 1. The van der Waals surface area contributed by atoms with Crippen LogP contribution in [0.15, 0.2) is 16.8 Å². The van der Waals surface area contributed by atoms with Crippen molar-refractivity contribution in [3.63, 3.8) is 0 Å². The van der Waals surface area contributed by atoms with Gasteiger partial charge >= 0.3 is 5.97 Å². The van der Waals surface area contributed by atoms with Crippen molar-refractivity contribution in [1.82, 2.24) is 5.32 Å². The third-order valence-corrected chi connectivity index (χ3v) is 2.28. The molecule has 2 heterocycles. The van der Waals surface area contributed by atoms with Crippen LogP contribution in [0.2, 0.25) is 0 Å². The summed E-state index contributed by atoms with van der Waals surface area (Å²) in [7, 11) is 0. The summed E-state index contributed by atoms with van der Waals surface area (Å²) in [6, 6.07) is 0. The maximum atomic E-state index is 11.8. The first-order valence-corrected chi connectivity index (χ1v) is 5.40. The highest BCUT2D eigenvalue weighted by Crippen LogP contribution is 2.23. The maximum absolute atomic E-state index is 11.8. The highest BCUT2D eigenvalue weighted by Gasteiger charge is 2.31. The number of nitrogens with one attached hydrogen (secondary N) is 1. The number of hydrogen-bond acceptors (Lipinski definition) is 6. The second-order valence-electron chi connectivity index (χ2n) is 4.29. The van der Waals surface area contributed by atoms with Crippen LogP contribution in [-0.2, 0) is 19.1 Å². The van der Waals surface area contributed by atoms with E-state index in [1.54, 1.807) is 13.8 Å². The fraction of sp³-hybridized carbons (Fsp3) is 0.545. The molecule has 92 valence electrons. The molecule has 0 radical (unpaired) electrons. The standard InChI is InChI=1S/C11H14N2O4/c1-11(2)16-7(6-9(15)17-11)5-8(14)10-12-3-4-13-10/h6H,3-5H2,1-2H3,(H,12,13). The van der Waals surface area contributed by atoms with Crippen molar-refractivity contribution in [2.45, 2.75) is 26.1 Å². The second kappa shape index (κ2) is 4.20. The minimum atomic E-state index is -1.02. The number of carbonyl (C=O) groups excluding carboxylic acids is 2. The van der Waals surface area contributed by atoms with Gasteiger partial charge in [-0.05, 0) is 0 Å². The first-order valence-electron chi connectivity index (χ1n) is 5.40. The number of Topliss-reactive ketones (excluding diaryl/α,β-unsaturated/α-hetero) is 1. The molecular weight excluding hydrogens is 224 g/mol. The molecule has 0 saturated heterocycles.